The van der Waals surface area contributed by atoms with E-state index < -0.39 is 5.82 Å². The van der Waals surface area contributed by atoms with E-state index in [0.29, 0.717) is 28.0 Å². The highest BCUT2D eigenvalue weighted by atomic mass is 32.1. The Morgan fingerprint density at radius 1 is 1.32 bits per heavy atom. The highest BCUT2D eigenvalue weighted by Gasteiger charge is 2.13. The molecule has 6 nitrogen and oxygen atoms in total. The molecule has 1 N–H and O–H groups in total. The summed E-state index contributed by atoms with van der Waals surface area (Å²) in [6.45, 7) is 1.41. The van der Waals surface area contributed by atoms with Crippen LogP contribution < -0.4 is 5.32 Å². The summed E-state index contributed by atoms with van der Waals surface area (Å²) in [5, 5.41) is 4.58. The molecule has 8 heteroatoms. The second-order valence-corrected chi connectivity index (χ2v) is 6.10. The van der Waals surface area contributed by atoms with Crippen LogP contribution in [0.25, 0.3) is 11.3 Å². The van der Waals surface area contributed by atoms with E-state index in [9.17, 15) is 14.0 Å². The topological polar surface area (TPSA) is 85.1 Å². The van der Waals surface area contributed by atoms with Crippen molar-refractivity contribution < 1.29 is 18.4 Å². The van der Waals surface area contributed by atoms with Gasteiger partial charge in [0.05, 0.1) is 11.8 Å². The lowest BCUT2D eigenvalue weighted by molar-refractivity contribution is -0.116. The zero-order valence-corrected chi connectivity index (χ0v) is 14.1. The van der Waals surface area contributed by atoms with Crippen LogP contribution in [0.2, 0.25) is 0 Å². The summed E-state index contributed by atoms with van der Waals surface area (Å²) in [4.78, 5) is 31.2. The summed E-state index contributed by atoms with van der Waals surface area (Å²) in [5.41, 5.74) is 0.646. The number of Topliss-reactive ketones (excluding diaryl/α,β-unsaturated/α-hetero) is 1. The quantitative estimate of drug-likeness (QED) is 0.678. The number of carbonyl (C=O) groups is 2. The fourth-order valence-electron chi connectivity index (χ4n) is 2.11. The normalized spacial score (nSPS) is 10.6. The fourth-order valence-corrected chi connectivity index (χ4v) is 2.87. The number of benzene rings is 1. The van der Waals surface area contributed by atoms with E-state index in [1.807, 2.05) is 0 Å². The number of rotatable bonds is 6. The molecule has 3 rings (SSSR count). The van der Waals surface area contributed by atoms with Crippen LogP contribution in [0.1, 0.15) is 29.7 Å². The molecule has 2 heterocycles. The molecule has 25 heavy (non-hydrogen) atoms. The van der Waals surface area contributed by atoms with E-state index in [0.717, 1.165) is 0 Å². The molecule has 0 fully saturated rings. The number of nitrogens with zero attached hydrogens (tertiary/aromatic N) is 2. The molecule has 1 amide bonds. The van der Waals surface area contributed by atoms with Crippen molar-refractivity contribution in [2.75, 3.05) is 5.32 Å². The van der Waals surface area contributed by atoms with Gasteiger partial charge < -0.3 is 9.73 Å². The van der Waals surface area contributed by atoms with E-state index >= 15 is 0 Å². The van der Waals surface area contributed by atoms with E-state index in [-0.39, 0.29) is 24.5 Å². The Kier molecular flexibility index (Phi) is 4.99. The average molecular weight is 359 g/mol. The van der Waals surface area contributed by atoms with Crippen LogP contribution in [0.15, 0.2) is 40.3 Å². The Balaban J connectivity index is 1.57. The van der Waals surface area contributed by atoms with Crippen LogP contribution in [0.4, 0.5) is 9.52 Å². The first kappa shape index (κ1) is 17.0. The number of ketones is 1. The van der Waals surface area contributed by atoms with Gasteiger partial charge in [-0.3, -0.25) is 9.59 Å². The van der Waals surface area contributed by atoms with Crippen LogP contribution in [0.3, 0.4) is 0 Å². The third kappa shape index (κ3) is 4.16. The second kappa shape index (κ2) is 7.35. The van der Waals surface area contributed by atoms with Gasteiger partial charge in [0.25, 0.3) is 0 Å². The lowest BCUT2D eigenvalue weighted by atomic mass is 10.2. The molecule has 0 atom stereocenters. The number of amides is 1. The van der Waals surface area contributed by atoms with Crippen LogP contribution in [0, 0.1) is 5.82 Å². The first-order valence-corrected chi connectivity index (χ1v) is 8.37. The van der Waals surface area contributed by atoms with Crippen LogP contribution in [0.5, 0.6) is 0 Å². The Morgan fingerprint density at radius 2 is 2.12 bits per heavy atom. The molecule has 128 valence electrons. The van der Waals surface area contributed by atoms with Crippen LogP contribution in [-0.4, -0.2) is 21.7 Å². The third-order valence-corrected chi connectivity index (χ3v) is 4.13. The Labute approximate surface area is 146 Å². The predicted octanol–water partition coefficient (Wildman–Crippen LogP) is 3.71. The standard InChI is InChI=1S/C17H14FN3O3S/c1-10(22)13-9-25-17(20-13)21-15(23)6-7-16-19-8-14(24-16)11-4-2-3-5-12(11)18/h2-5,8-9H,6-7H2,1H3,(H,20,21,23). The van der Waals surface area contributed by atoms with Gasteiger partial charge in [-0.1, -0.05) is 12.1 Å². The number of oxazole rings is 1. The van der Waals surface area contributed by atoms with Gasteiger partial charge in [0.15, 0.2) is 22.6 Å². The molecule has 0 saturated heterocycles. The van der Waals surface area contributed by atoms with Crippen molar-refractivity contribution in [3.63, 3.8) is 0 Å². The average Bonchev–Trinajstić information content (AvgIpc) is 3.23. The molecule has 1 aromatic carbocycles. The van der Waals surface area contributed by atoms with Gasteiger partial charge in [-0.2, -0.15) is 0 Å². The zero-order valence-electron chi connectivity index (χ0n) is 13.3. The minimum absolute atomic E-state index is 0.131. The molecule has 0 aliphatic rings. The number of nitrogens with one attached hydrogen (secondary N) is 1. The molecule has 0 saturated carbocycles. The molecule has 0 bridgehead atoms. The predicted molar refractivity (Wildman–Crippen MR) is 91.0 cm³/mol. The van der Waals surface area contributed by atoms with Crippen molar-refractivity contribution in [3.05, 3.63) is 53.2 Å². The second-order valence-electron chi connectivity index (χ2n) is 5.24. The van der Waals surface area contributed by atoms with Gasteiger partial charge in [0.1, 0.15) is 11.5 Å². The van der Waals surface area contributed by atoms with Crippen molar-refractivity contribution in [1.82, 2.24) is 9.97 Å². The summed E-state index contributed by atoms with van der Waals surface area (Å²) in [6.07, 6.45) is 1.84. The van der Waals surface area contributed by atoms with E-state index in [1.54, 1.807) is 23.6 Å². The van der Waals surface area contributed by atoms with Gasteiger partial charge in [0.2, 0.25) is 5.91 Å². The maximum atomic E-state index is 13.7. The van der Waals surface area contributed by atoms with Crippen molar-refractivity contribution >= 4 is 28.2 Å². The molecule has 0 unspecified atom stereocenters. The summed E-state index contributed by atoms with van der Waals surface area (Å²) >= 11 is 1.19. The Morgan fingerprint density at radius 3 is 2.84 bits per heavy atom. The number of thiazole rings is 1. The largest absolute Gasteiger partial charge is 0.441 e. The highest BCUT2D eigenvalue weighted by Crippen LogP contribution is 2.23. The number of anilines is 1. The highest BCUT2D eigenvalue weighted by molar-refractivity contribution is 7.14. The van der Waals surface area contributed by atoms with Crippen molar-refractivity contribution in [1.29, 1.82) is 0 Å². The minimum Gasteiger partial charge on any atom is -0.441 e. The Hall–Kier alpha value is -2.87. The Bertz CT molecular complexity index is 919. The number of hydrogen-bond donors (Lipinski definition) is 1. The molecule has 0 aliphatic heterocycles. The van der Waals surface area contributed by atoms with Gasteiger partial charge >= 0.3 is 0 Å². The minimum atomic E-state index is -0.395. The van der Waals surface area contributed by atoms with Crippen molar-refractivity contribution in [2.24, 2.45) is 0 Å². The van der Waals surface area contributed by atoms with Gasteiger partial charge in [-0.25, -0.2) is 14.4 Å². The molecule has 0 aliphatic carbocycles. The third-order valence-electron chi connectivity index (χ3n) is 3.37. The number of hydrogen-bond acceptors (Lipinski definition) is 6. The summed E-state index contributed by atoms with van der Waals surface area (Å²) in [7, 11) is 0. The lowest BCUT2D eigenvalue weighted by Crippen LogP contribution is -2.12. The van der Waals surface area contributed by atoms with Gasteiger partial charge in [0, 0.05) is 25.1 Å². The summed E-state index contributed by atoms with van der Waals surface area (Å²) < 4.78 is 19.2. The van der Waals surface area contributed by atoms with Crippen molar-refractivity contribution in [2.45, 2.75) is 19.8 Å². The fraction of sp³-hybridized carbons (Fsp3) is 0.176. The number of halogens is 1. The van der Waals surface area contributed by atoms with Crippen LogP contribution >= 0.6 is 11.3 Å². The first-order valence-electron chi connectivity index (χ1n) is 7.49. The number of aromatic nitrogens is 2. The maximum absolute atomic E-state index is 13.7. The van der Waals surface area contributed by atoms with E-state index in [1.165, 1.54) is 30.5 Å². The lowest BCUT2D eigenvalue weighted by Gasteiger charge is -2.00. The summed E-state index contributed by atoms with van der Waals surface area (Å²) in [5.74, 6) is -0.156. The molecular weight excluding hydrogens is 345 g/mol. The SMILES string of the molecule is CC(=O)c1csc(NC(=O)CCc2ncc(-c3ccccc3F)o2)n1. The zero-order chi connectivity index (χ0) is 17.8. The molecule has 0 radical (unpaired) electrons. The molecule has 2 aromatic heterocycles. The van der Waals surface area contributed by atoms with Crippen LogP contribution in [-0.2, 0) is 11.2 Å². The van der Waals surface area contributed by atoms with E-state index in [4.69, 9.17) is 4.42 Å². The number of aryl methyl sites for hydroxylation is 1. The monoisotopic (exact) mass is 359 g/mol. The van der Waals surface area contributed by atoms with Gasteiger partial charge in [-0.15, -0.1) is 11.3 Å². The van der Waals surface area contributed by atoms with Crippen molar-refractivity contribution in [3.8, 4) is 11.3 Å². The smallest absolute Gasteiger partial charge is 0.226 e. The molecular formula is C17H14FN3O3S. The first-order chi connectivity index (χ1) is 12.0. The number of carbonyl (C=O) groups excluding carboxylic acids is 2. The van der Waals surface area contributed by atoms with E-state index in [2.05, 4.69) is 15.3 Å². The van der Waals surface area contributed by atoms with Gasteiger partial charge in [-0.05, 0) is 12.1 Å². The molecule has 0 spiro atoms. The molecule has 3 aromatic rings. The summed E-state index contributed by atoms with van der Waals surface area (Å²) in [6, 6.07) is 6.24. The maximum Gasteiger partial charge on any atom is 0.226 e.